The van der Waals surface area contributed by atoms with Gasteiger partial charge in [0, 0.05) is 23.5 Å². The number of amides is 3. The summed E-state index contributed by atoms with van der Waals surface area (Å²) in [5, 5.41) is 3.60. The zero-order valence-corrected chi connectivity index (χ0v) is 22.4. The molecule has 7 heteroatoms. The van der Waals surface area contributed by atoms with Crippen LogP contribution < -0.4 is 10.2 Å². The minimum absolute atomic E-state index is 0.0448. The molecule has 1 aliphatic heterocycles. The van der Waals surface area contributed by atoms with E-state index in [9.17, 15) is 9.59 Å². The Balaban J connectivity index is 1.49. The first-order chi connectivity index (χ1) is 18.5. The lowest BCUT2D eigenvalue weighted by atomic mass is 9.97. The Bertz CT molecular complexity index is 1430. The standard InChI is InChI=1S/C31H31ClN4O2/c1-3-4-19-34(31(38)33-25-17-11-22(2)12-18-25)21-29(37)36-27-9-6-5-8-26(27)35-20-7-10-28(35)30(36)23-13-15-24(32)16-14-23/h5-18,20,30H,3-4,19,21H2,1-2H3,(H,33,38). The number of aromatic nitrogens is 1. The SMILES string of the molecule is CCCCN(CC(=O)N1c2ccccc2-n2cccc2C1c1ccc(Cl)cc1)C(=O)Nc1ccc(C)cc1. The normalized spacial score (nSPS) is 14.0. The Morgan fingerprint density at radius 1 is 0.921 bits per heavy atom. The van der Waals surface area contributed by atoms with E-state index in [0.717, 1.165) is 41.0 Å². The third-order valence-corrected chi connectivity index (χ3v) is 7.12. The second-order valence-corrected chi connectivity index (χ2v) is 10.0. The van der Waals surface area contributed by atoms with Gasteiger partial charge in [-0.05, 0) is 67.4 Å². The van der Waals surface area contributed by atoms with Gasteiger partial charge in [-0.3, -0.25) is 9.69 Å². The van der Waals surface area contributed by atoms with Crippen molar-refractivity contribution in [2.45, 2.75) is 32.7 Å². The molecule has 0 aliphatic carbocycles. The van der Waals surface area contributed by atoms with Crippen molar-refractivity contribution in [2.24, 2.45) is 0 Å². The van der Waals surface area contributed by atoms with Crippen LogP contribution in [0.25, 0.3) is 5.69 Å². The fourth-order valence-corrected chi connectivity index (χ4v) is 5.03. The predicted molar refractivity (Wildman–Crippen MR) is 153 cm³/mol. The number of carbonyl (C=O) groups excluding carboxylic acids is 2. The molecule has 3 aromatic carbocycles. The van der Waals surface area contributed by atoms with E-state index in [1.165, 1.54) is 0 Å². The first-order valence-corrected chi connectivity index (χ1v) is 13.3. The maximum atomic E-state index is 14.2. The molecule has 0 radical (unpaired) electrons. The van der Waals surface area contributed by atoms with Crippen LogP contribution in [0.1, 0.15) is 42.6 Å². The molecule has 0 saturated heterocycles. The van der Waals surface area contributed by atoms with Crippen molar-refractivity contribution in [2.75, 3.05) is 23.3 Å². The highest BCUT2D eigenvalue weighted by molar-refractivity contribution is 6.30. The highest BCUT2D eigenvalue weighted by Gasteiger charge is 2.36. The Hall–Kier alpha value is -4.03. The fraction of sp³-hybridized carbons (Fsp3) is 0.226. The Kier molecular flexibility index (Phi) is 7.52. The van der Waals surface area contributed by atoms with Crippen LogP contribution in [-0.2, 0) is 4.79 Å². The molecule has 3 amide bonds. The molecule has 1 unspecified atom stereocenters. The molecule has 0 fully saturated rings. The number of hydrogen-bond acceptors (Lipinski definition) is 2. The quantitative estimate of drug-likeness (QED) is 0.276. The summed E-state index contributed by atoms with van der Waals surface area (Å²) in [5.41, 5.74) is 5.47. The van der Waals surface area contributed by atoms with E-state index in [1.807, 2.05) is 103 Å². The van der Waals surface area contributed by atoms with Crippen LogP contribution in [0.5, 0.6) is 0 Å². The number of carbonyl (C=O) groups is 2. The van der Waals surface area contributed by atoms with Crippen molar-refractivity contribution in [3.63, 3.8) is 0 Å². The Morgan fingerprint density at radius 2 is 1.63 bits per heavy atom. The summed E-state index contributed by atoms with van der Waals surface area (Å²) < 4.78 is 2.12. The van der Waals surface area contributed by atoms with Crippen LogP contribution in [0, 0.1) is 6.92 Å². The number of unbranched alkanes of at least 4 members (excludes halogenated alkanes) is 1. The second kappa shape index (κ2) is 11.2. The summed E-state index contributed by atoms with van der Waals surface area (Å²) in [6, 6.07) is 26.5. The van der Waals surface area contributed by atoms with Crippen LogP contribution in [-0.4, -0.2) is 34.5 Å². The third-order valence-electron chi connectivity index (χ3n) is 6.87. The Labute approximate surface area is 228 Å². The number of anilines is 2. The summed E-state index contributed by atoms with van der Waals surface area (Å²) in [4.78, 5) is 31.0. The highest BCUT2D eigenvalue weighted by Crippen LogP contribution is 2.42. The van der Waals surface area contributed by atoms with Crippen molar-refractivity contribution in [3.8, 4) is 5.69 Å². The van der Waals surface area contributed by atoms with Gasteiger partial charge in [-0.2, -0.15) is 0 Å². The molecule has 4 aromatic rings. The molecule has 38 heavy (non-hydrogen) atoms. The van der Waals surface area contributed by atoms with E-state index < -0.39 is 0 Å². The monoisotopic (exact) mass is 526 g/mol. The van der Waals surface area contributed by atoms with Gasteiger partial charge in [0.2, 0.25) is 5.91 Å². The van der Waals surface area contributed by atoms with Gasteiger partial charge in [-0.25, -0.2) is 4.79 Å². The number of hydrogen-bond donors (Lipinski definition) is 1. The maximum absolute atomic E-state index is 14.2. The van der Waals surface area contributed by atoms with Crippen LogP contribution in [0.3, 0.4) is 0 Å². The molecular formula is C31H31ClN4O2. The zero-order valence-electron chi connectivity index (χ0n) is 21.6. The number of fused-ring (bicyclic) bond motifs is 3. The second-order valence-electron chi connectivity index (χ2n) is 9.58. The van der Waals surface area contributed by atoms with E-state index in [-0.39, 0.29) is 24.5 Å². The molecule has 2 heterocycles. The molecule has 1 aromatic heterocycles. The minimum Gasteiger partial charge on any atom is -0.316 e. The van der Waals surface area contributed by atoms with Crippen LogP contribution in [0.2, 0.25) is 5.02 Å². The minimum atomic E-state index is -0.363. The van der Waals surface area contributed by atoms with Gasteiger partial charge in [-0.1, -0.05) is 66.9 Å². The van der Waals surface area contributed by atoms with Crippen molar-refractivity contribution < 1.29 is 9.59 Å². The molecule has 0 bridgehead atoms. The lowest BCUT2D eigenvalue weighted by Crippen LogP contribution is -2.48. The first kappa shape index (κ1) is 25.6. The molecule has 1 atom stereocenters. The van der Waals surface area contributed by atoms with Gasteiger partial charge in [0.1, 0.15) is 12.6 Å². The number of para-hydroxylation sites is 2. The maximum Gasteiger partial charge on any atom is 0.322 e. The average molecular weight is 527 g/mol. The van der Waals surface area contributed by atoms with E-state index >= 15 is 0 Å². The predicted octanol–water partition coefficient (Wildman–Crippen LogP) is 7.21. The van der Waals surface area contributed by atoms with Gasteiger partial charge < -0.3 is 14.8 Å². The highest BCUT2D eigenvalue weighted by atomic mass is 35.5. The smallest absolute Gasteiger partial charge is 0.316 e. The molecular weight excluding hydrogens is 496 g/mol. The van der Waals surface area contributed by atoms with E-state index in [2.05, 4.69) is 16.8 Å². The number of halogens is 1. The van der Waals surface area contributed by atoms with E-state index in [4.69, 9.17) is 11.6 Å². The van der Waals surface area contributed by atoms with Gasteiger partial charge in [0.25, 0.3) is 0 Å². The van der Waals surface area contributed by atoms with Crippen molar-refractivity contribution in [1.82, 2.24) is 9.47 Å². The number of urea groups is 1. The molecule has 6 nitrogen and oxygen atoms in total. The number of nitrogens with one attached hydrogen (secondary N) is 1. The van der Waals surface area contributed by atoms with Gasteiger partial charge >= 0.3 is 6.03 Å². The lowest BCUT2D eigenvalue weighted by Gasteiger charge is -2.39. The van der Waals surface area contributed by atoms with Gasteiger partial charge in [-0.15, -0.1) is 0 Å². The fourth-order valence-electron chi connectivity index (χ4n) is 4.90. The summed E-state index contributed by atoms with van der Waals surface area (Å²) in [5.74, 6) is -0.153. The molecule has 0 saturated carbocycles. The largest absolute Gasteiger partial charge is 0.322 e. The van der Waals surface area contributed by atoms with Gasteiger partial charge in [0.15, 0.2) is 0 Å². The molecule has 1 N–H and O–H groups in total. The topological polar surface area (TPSA) is 57.6 Å². The molecule has 0 spiro atoms. The van der Waals surface area contributed by atoms with Crippen molar-refractivity contribution in [3.05, 3.63) is 113 Å². The van der Waals surface area contributed by atoms with E-state index in [0.29, 0.717) is 17.3 Å². The van der Waals surface area contributed by atoms with Crippen LogP contribution in [0.4, 0.5) is 16.2 Å². The summed E-state index contributed by atoms with van der Waals surface area (Å²) >= 11 is 6.20. The Morgan fingerprint density at radius 3 is 2.34 bits per heavy atom. The number of rotatable bonds is 7. The summed E-state index contributed by atoms with van der Waals surface area (Å²) in [7, 11) is 0. The molecule has 1 aliphatic rings. The number of benzene rings is 3. The van der Waals surface area contributed by atoms with Crippen LogP contribution in [0.15, 0.2) is 91.1 Å². The molecule has 5 rings (SSSR count). The zero-order chi connectivity index (χ0) is 26.6. The number of aryl methyl sites for hydroxylation is 1. The summed E-state index contributed by atoms with van der Waals surface area (Å²) in [6.07, 6.45) is 3.73. The average Bonchev–Trinajstić information content (AvgIpc) is 3.42. The van der Waals surface area contributed by atoms with Crippen molar-refractivity contribution >= 4 is 34.9 Å². The van der Waals surface area contributed by atoms with Crippen molar-refractivity contribution in [1.29, 1.82) is 0 Å². The van der Waals surface area contributed by atoms with Crippen LogP contribution >= 0.6 is 11.6 Å². The van der Waals surface area contributed by atoms with Gasteiger partial charge in [0.05, 0.1) is 17.1 Å². The summed E-state index contributed by atoms with van der Waals surface area (Å²) in [6.45, 7) is 4.51. The lowest BCUT2D eigenvalue weighted by molar-refractivity contribution is -0.119. The number of nitrogens with zero attached hydrogens (tertiary/aromatic N) is 3. The molecule has 194 valence electrons. The third kappa shape index (κ3) is 5.18. The first-order valence-electron chi connectivity index (χ1n) is 12.9. The van der Waals surface area contributed by atoms with E-state index in [1.54, 1.807) is 4.90 Å².